The molecule has 0 bridgehead atoms. The van der Waals surface area contributed by atoms with Crippen molar-refractivity contribution in [2.24, 2.45) is 4.99 Å². The molecule has 1 aromatic carbocycles. The Kier molecular flexibility index (Phi) is 7.09. The van der Waals surface area contributed by atoms with Gasteiger partial charge in [-0.15, -0.1) is 0 Å². The fraction of sp³-hybridized carbons (Fsp3) is 0.625. The van der Waals surface area contributed by atoms with Crippen LogP contribution in [0, 0.1) is 0 Å². The van der Waals surface area contributed by atoms with Gasteiger partial charge < -0.3 is 20.4 Å². The van der Waals surface area contributed by atoms with Crippen LogP contribution in [-0.2, 0) is 6.54 Å². The molecule has 0 radical (unpaired) electrons. The molecule has 29 heavy (non-hydrogen) atoms. The molecule has 0 unspecified atom stereocenters. The maximum atomic E-state index is 4.47. The second-order valence-electron chi connectivity index (χ2n) is 8.72. The Balaban J connectivity index is 1.22. The second-order valence-corrected chi connectivity index (χ2v) is 8.72. The van der Waals surface area contributed by atoms with Crippen LogP contribution < -0.4 is 15.5 Å². The summed E-state index contributed by atoms with van der Waals surface area (Å²) in [6.07, 6.45) is 14.0. The number of guanidine groups is 1. The van der Waals surface area contributed by atoms with Crippen LogP contribution in [0.4, 0.5) is 5.69 Å². The van der Waals surface area contributed by atoms with E-state index in [1.807, 2.05) is 7.05 Å². The van der Waals surface area contributed by atoms with Crippen molar-refractivity contribution in [2.75, 3.05) is 38.1 Å². The van der Waals surface area contributed by atoms with Gasteiger partial charge in [-0.1, -0.05) is 43.5 Å². The zero-order valence-corrected chi connectivity index (χ0v) is 17.9. The highest BCUT2D eigenvalue weighted by Crippen LogP contribution is 2.25. The van der Waals surface area contributed by atoms with E-state index in [1.165, 1.54) is 69.3 Å². The molecule has 1 saturated carbocycles. The number of anilines is 1. The van der Waals surface area contributed by atoms with Crippen LogP contribution in [0.1, 0.15) is 50.5 Å². The van der Waals surface area contributed by atoms with E-state index < -0.39 is 0 Å². The molecule has 3 aliphatic rings. The van der Waals surface area contributed by atoms with E-state index in [-0.39, 0.29) is 0 Å². The molecule has 0 atom stereocenters. The predicted molar refractivity (Wildman–Crippen MR) is 123 cm³/mol. The van der Waals surface area contributed by atoms with Crippen molar-refractivity contribution in [1.82, 2.24) is 15.5 Å². The Bertz CT molecular complexity index is 691. The van der Waals surface area contributed by atoms with Crippen LogP contribution in [0.2, 0.25) is 0 Å². The maximum Gasteiger partial charge on any atom is 0.191 e. The lowest BCUT2D eigenvalue weighted by Crippen LogP contribution is -2.50. The van der Waals surface area contributed by atoms with E-state index in [1.54, 1.807) is 0 Å². The van der Waals surface area contributed by atoms with Gasteiger partial charge in [-0.3, -0.25) is 4.99 Å². The zero-order chi connectivity index (χ0) is 19.9. The van der Waals surface area contributed by atoms with E-state index in [4.69, 9.17) is 0 Å². The molecule has 2 aliphatic heterocycles. The standard InChI is InChI=1S/C24H37N5/c1-25-24(26-19-20-8-7-11-23(18-20)28-14-5-6-15-28)27-21-12-16-29(17-13-21)22-9-3-2-4-10-22/h5-8,11,18,21-22H,2-4,9-10,12-17,19H2,1H3,(H2,25,26,27). The van der Waals surface area contributed by atoms with Gasteiger partial charge in [-0.05, 0) is 43.4 Å². The van der Waals surface area contributed by atoms with Crippen LogP contribution in [0.25, 0.3) is 0 Å². The number of benzene rings is 1. The lowest BCUT2D eigenvalue weighted by atomic mass is 9.92. The van der Waals surface area contributed by atoms with Gasteiger partial charge in [0.1, 0.15) is 0 Å². The molecule has 1 aromatic rings. The summed E-state index contributed by atoms with van der Waals surface area (Å²) in [7, 11) is 1.87. The number of piperidine rings is 1. The van der Waals surface area contributed by atoms with Crippen molar-refractivity contribution in [3.63, 3.8) is 0 Å². The molecule has 4 rings (SSSR count). The Hall–Kier alpha value is -2.01. The van der Waals surface area contributed by atoms with Crippen LogP contribution in [0.5, 0.6) is 0 Å². The minimum absolute atomic E-state index is 0.531. The number of hydrogen-bond donors (Lipinski definition) is 2. The topological polar surface area (TPSA) is 42.9 Å². The van der Waals surface area contributed by atoms with Gasteiger partial charge in [0.2, 0.25) is 0 Å². The maximum absolute atomic E-state index is 4.47. The van der Waals surface area contributed by atoms with E-state index in [0.29, 0.717) is 6.04 Å². The van der Waals surface area contributed by atoms with Gasteiger partial charge in [0.25, 0.3) is 0 Å². The van der Waals surface area contributed by atoms with Crippen LogP contribution in [0.3, 0.4) is 0 Å². The third-order valence-electron chi connectivity index (χ3n) is 6.74. The Morgan fingerprint density at radius 3 is 2.52 bits per heavy atom. The van der Waals surface area contributed by atoms with Crippen LogP contribution in [0.15, 0.2) is 41.4 Å². The molecular formula is C24H37N5. The highest BCUT2D eigenvalue weighted by atomic mass is 15.2. The number of nitrogens with one attached hydrogen (secondary N) is 2. The first-order valence-electron chi connectivity index (χ1n) is 11.5. The molecule has 158 valence electrons. The summed E-state index contributed by atoms with van der Waals surface area (Å²) in [4.78, 5) is 9.59. The van der Waals surface area contributed by atoms with Crippen LogP contribution in [-0.4, -0.2) is 56.2 Å². The van der Waals surface area contributed by atoms with Gasteiger partial charge in [-0.25, -0.2) is 0 Å². The fourth-order valence-electron chi connectivity index (χ4n) is 4.98. The van der Waals surface area contributed by atoms with Crippen molar-refractivity contribution in [1.29, 1.82) is 0 Å². The summed E-state index contributed by atoms with van der Waals surface area (Å²) in [6, 6.07) is 10.2. The second kappa shape index (κ2) is 10.1. The molecular weight excluding hydrogens is 358 g/mol. The molecule has 5 nitrogen and oxygen atoms in total. The summed E-state index contributed by atoms with van der Waals surface area (Å²) < 4.78 is 0. The minimum Gasteiger partial charge on any atom is -0.364 e. The normalized spacial score (nSPS) is 22.2. The van der Waals surface area contributed by atoms with Crippen molar-refractivity contribution in [2.45, 2.75) is 63.6 Å². The minimum atomic E-state index is 0.531. The van der Waals surface area contributed by atoms with E-state index in [2.05, 4.69) is 61.8 Å². The number of likely N-dealkylation sites (tertiary alicyclic amines) is 1. The molecule has 1 aliphatic carbocycles. The molecule has 0 aromatic heterocycles. The first kappa shape index (κ1) is 20.3. The van der Waals surface area contributed by atoms with Crippen molar-refractivity contribution in [3.05, 3.63) is 42.0 Å². The Morgan fingerprint density at radius 1 is 1.03 bits per heavy atom. The summed E-state index contributed by atoms with van der Waals surface area (Å²) in [5.74, 6) is 0.925. The van der Waals surface area contributed by atoms with Crippen LogP contribution >= 0.6 is 0 Å². The smallest absolute Gasteiger partial charge is 0.191 e. The number of nitrogens with zero attached hydrogens (tertiary/aromatic N) is 3. The quantitative estimate of drug-likeness (QED) is 0.455. The lowest BCUT2D eigenvalue weighted by molar-refractivity contribution is 0.119. The molecule has 1 saturated heterocycles. The van der Waals surface area contributed by atoms with E-state index in [0.717, 1.165) is 31.6 Å². The number of aliphatic imine (C=N–C) groups is 1. The Morgan fingerprint density at radius 2 is 1.79 bits per heavy atom. The van der Waals surface area contributed by atoms with Crippen molar-refractivity contribution < 1.29 is 0 Å². The number of hydrogen-bond acceptors (Lipinski definition) is 3. The number of rotatable bonds is 5. The highest BCUT2D eigenvalue weighted by molar-refractivity contribution is 5.80. The van der Waals surface area contributed by atoms with Gasteiger partial charge in [0.15, 0.2) is 5.96 Å². The van der Waals surface area contributed by atoms with Gasteiger partial charge in [0.05, 0.1) is 0 Å². The van der Waals surface area contributed by atoms with Gasteiger partial charge in [-0.2, -0.15) is 0 Å². The largest absolute Gasteiger partial charge is 0.364 e. The predicted octanol–water partition coefficient (Wildman–Crippen LogP) is 3.52. The monoisotopic (exact) mass is 395 g/mol. The molecule has 0 spiro atoms. The summed E-state index contributed by atoms with van der Waals surface area (Å²) in [5.41, 5.74) is 2.59. The fourth-order valence-corrected chi connectivity index (χ4v) is 4.98. The molecule has 0 amide bonds. The van der Waals surface area contributed by atoms with Gasteiger partial charge >= 0.3 is 0 Å². The van der Waals surface area contributed by atoms with E-state index in [9.17, 15) is 0 Å². The summed E-state index contributed by atoms with van der Waals surface area (Å²) in [5, 5.41) is 7.18. The summed E-state index contributed by atoms with van der Waals surface area (Å²) in [6.45, 7) is 5.28. The van der Waals surface area contributed by atoms with E-state index >= 15 is 0 Å². The molecule has 2 heterocycles. The van der Waals surface area contributed by atoms with Crippen molar-refractivity contribution in [3.8, 4) is 0 Å². The highest BCUT2D eigenvalue weighted by Gasteiger charge is 2.26. The third kappa shape index (κ3) is 5.53. The average Bonchev–Trinajstić information content (AvgIpc) is 3.33. The SMILES string of the molecule is CN=C(NCc1cccc(N2CC=CC2)c1)NC1CCN(C2CCCCC2)CC1. The van der Waals surface area contributed by atoms with Crippen molar-refractivity contribution >= 4 is 11.6 Å². The third-order valence-corrected chi connectivity index (χ3v) is 6.74. The summed E-state index contributed by atoms with van der Waals surface area (Å²) >= 11 is 0. The Labute approximate surface area is 176 Å². The zero-order valence-electron chi connectivity index (χ0n) is 17.9. The molecule has 5 heteroatoms. The lowest BCUT2D eigenvalue weighted by Gasteiger charge is -2.39. The molecule has 2 N–H and O–H groups in total. The van der Waals surface area contributed by atoms with Gasteiger partial charge in [0, 0.05) is 57.5 Å². The molecule has 2 fully saturated rings. The first-order valence-corrected chi connectivity index (χ1v) is 11.5. The average molecular weight is 396 g/mol. The first-order chi connectivity index (χ1) is 14.3.